The summed E-state index contributed by atoms with van der Waals surface area (Å²) in [5, 5.41) is 11.6. The third-order valence-electron chi connectivity index (χ3n) is 2.41. The Bertz CT molecular complexity index is 643. The molecule has 0 bridgehead atoms. The molecule has 0 fully saturated rings. The highest BCUT2D eigenvalue weighted by atomic mass is 35.5. The van der Waals surface area contributed by atoms with Crippen LogP contribution in [0.25, 0.3) is 0 Å². The van der Waals surface area contributed by atoms with Gasteiger partial charge in [-0.1, -0.05) is 23.7 Å². The van der Waals surface area contributed by atoms with E-state index in [4.69, 9.17) is 16.7 Å². The van der Waals surface area contributed by atoms with Gasteiger partial charge in [-0.05, 0) is 24.3 Å². The first kappa shape index (κ1) is 13.0. The number of hydrogen-bond acceptors (Lipinski definition) is 3. The first-order valence-corrected chi connectivity index (χ1v) is 5.71. The Balaban J connectivity index is 2.30. The topological polar surface area (TPSA) is 79.3 Å². The van der Waals surface area contributed by atoms with Crippen LogP contribution in [0.15, 0.2) is 42.6 Å². The molecule has 2 rings (SSSR count). The van der Waals surface area contributed by atoms with Gasteiger partial charge in [0.25, 0.3) is 5.91 Å². The van der Waals surface area contributed by atoms with Gasteiger partial charge in [-0.3, -0.25) is 4.79 Å². The number of aromatic nitrogens is 1. The van der Waals surface area contributed by atoms with Gasteiger partial charge in [-0.15, -0.1) is 0 Å². The van der Waals surface area contributed by atoms with Crippen LogP contribution in [-0.2, 0) is 0 Å². The molecule has 19 heavy (non-hydrogen) atoms. The van der Waals surface area contributed by atoms with Gasteiger partial charge in [0.1, 0.15) is 5.15 Å². The van der Waals surface area contributed by atoms with Gasteiger partial charge in [0.2, 0.25) is 0 Å². The van der Waals surface area contributed by atoms with Crippen LogP contribution in [0.5, 0.6) is 0 Å². The highest BCUT2D eigenvalue weighted by molar-refractivity contribution is 6.33. The third kappa shape index (κ3) is 2.89. The Morgan fingerprint density at radius 2 is 1.79 bits per heavy atom. The van der Waals surface area contributed by atoms with Crippen LogP contribution in [0.1, 0.15) is 20.7 Å². The predicted octanol–water partition coefficient (Wildman–Crippen LogP) is 2.69. The maximum Gasteiger partial charge on any atom is 0.337 e. The zero-order chi connectivity index (χ0) is 13.8. The first-order valence-electron chi connectivity index (χ1n) is 5.34. The van der Waals surface area contributed by atoms with Gasteiger partial charge in [0.15, 0.2) is 0 Å². The smallest absolute Gasteiger partial charge is 0.337 e. The lowest BCUT2D eigenvalue weighted by molar-refractivity contribution is 0.0698. The molecule has 0 saturated carbocycles. The minimum Gasteiger partial charge on any atom is -0.478 e. The van der Waals surface area contributed by atoms with E-state index in [1.165, 1.54) is 24.4 Å². The number of hydrogen-bond donors (Lipinski definition) is 2. The fourth-order valence-corrected chi connectivity index (χ4v) is 1.73. The van der Waals surface area contributed by atoms with E-state index in [2.05, 4.69) is 10.3 Å². The molecule has 1 aromatic heterocycles. The van der Waals surface area contributed by atoms with Crippen LogP contribution in [0, 0.1) is 0 Å². The molecule has 2 N–H and O–H groups in total. The predicted molar refractivity (Wildman–Crippen MR) is 70.6 cm³/mol. The number of para-hydroxylation sites is 1. The van der Waals surface area contributed by atoms with Gasteiger partial charge in [-0.2, -0.15) is 0 Å². The van der Waals surface area contributed by atoms with Crippen molar-refractivity contribution in [1.29, 1.82) is 0 Å². The van der Waals surface area contributed by atoms with Crippen LogP contribution in [-0.4, -0.2) is 22.0 Å². The Labute approximate surface area is 113 Å². The molecule has 0 unspecified atom stereocenters. The van der Waals surface area contributed by atoms with Crippen molar-refractivity contribution in [3.05, 3.63) is 58.9 Å². The summed E-state index contributed by atoms with van der Waals surface area (Å²) in [6, 6.07) is 9.20. The van der Waals surface area contributed by atoms with Gasteiger partial charge in [0.05, 0.1) is 16.8 Å². The molecule has 0 saturated heterocycles. The summed E-state index contributed by atoms with van der Waals surface area (Å²) in [6.07, 6.45) is 1.46. The number of carboxylic acid groups (broad SMARTS) is 1. The lowest BCUT2D eigenvalue weighted by atomic mass is 10.1. The molecule has 1 aromatic carbocycles. The normalized spacial score (nSPS) is 9.95. The van der Waals surface area contributed by atoms with E-state index in [-0.39, 0.29) is 22.0 Å². The summed E-state index contributed by atoms with van der Waals surface area (Å²) in [4.78, 5) is 26.8. The maximum absolute atomic E-state index is 12.0. The third-order valence-corrected chi connectivity index (χ3v) is 2.71. The molecule has 5 nitrogen and oxygen atoms in total. The van der Waals surface area contributed by atoms with E-state index in [1.54, 1.807) is 18.2 Å². The number of rotatable bonds is 3. The molecular weight excluding hydrogens is 268 g/mol. The van der Waals surface area contributed by atoms with Crippen molar-refractivity contribution < 1.29 is 14.7 Å². The number of amides is 1. The van der Waals surface area contributed by atoms with Crippen molar-refractivity contribution in [3.8, 4) is 0 Å². The summed E-state index contributed by atoms with van der Waals surface area (Å²) in [6.45, 7) is 0. The number of aromatic carboxylic acids is 1. The standard InChI is InChI=1S/C13H9ClN2O3/c14-11-9(5-3-7-15-11)12(17)16-10-6-2-1-4-8(10)13(18)19/h1-7H,(H,16,17)(H,18,19). The number of anilines is 1. The number of nitrogens with one attached hydrogen (secondary N) is 1. The Morgan fingerprint density at radius 1 is 1.11 bits per heavy atom. The second-order valence-electron chi connectivity index (χ2n) is 3.65. The molecule has 0 aliphatic carbocycles. The van der Waals surface area contributed by atoms with Crippen molar-refractivity contribution in [1.82, 2.24) is 4.98 Å². The Hall–Kier alpha value is -2.40. The molecule has 0 atom stereocenters. The molecular formula is C13H9ClN2O3. The maximum atomic E-state index is 12.0. The number of halogens is 1. The molecule has 0 aliphatic rings. The summed E-state index contributed by atoms with van der Waals surface area (Å²) >= 11 is 5.80. The summed E-state index contributed by atoms with van der Waals surface area (Å²) in [7, 11) is 0. The Morgan fingerprint density at radius 3 is 2.47 bits per heavy atom. The van der Waals surface area contributed by atoms with Crippen LogP contribution < -0.4 is 5.32 Å². The number of carbonyl (C=O) groups is 2. The summed E-state index contributed by atoms with van der Waals surface area (Å²) in [5.74, 6) is -1.63. The van der Waals surface area contributed by atoms with Crippen molar-refractivity contribution in [3.63, 3.8) is 0 Å². The van der Waals surface area contributed by atoms with Gasteiger partial charge in [0, 0.05) is 6.20 Å². The SMILES string of the molecule is O=C(O)c1ccccc1NC(=O)c1cccnc1Cl. The van der Waals surface area contributed by atoms with E-state index < -0.39 is 11.9 Å². The highest BCUT2D eigenvalue weighted by Gasteiger charge is 2.15. The molecule has 0 aliphatic heterocycles. The van der Waals surface area contributed by atoms with Gasteiger partial charge in [-0.25, -0.2) is 9.78 Å². The fourth-order valence-electron chi connectivity index (χ4n) is 1.52. The largest absolute Gasteiger partial charge is 0.478 e. The number of carboxylic acids is 1. The fraction of sp³-hybridized carbons (Fsp3) is 0. The van der Waals surface area contributed by atoms with Gasteiger partial charge >= 0.3 is 5.97 Å². The number of benzene rings is 1. The lowest BCUT2D eigenvalue weighted by Gasteiger charge is -2.08. The van der Waals surface area contributed by atoms with Gasteiger partial charge < -0.3 is 10.4 Å². The first-order chi connectivity index (χ1) is 9.09. The van der Waals surface area contributed by atoms with E-state index in [0.29, 0.717) is 0 Å². The average molecular weight is 277 g/mol. The highest BCUT2D eigenvalue weighted by Crippen LogP contribution is 2.18. The van der Waals surface area contributed by atoms with Crippen molar-refractivity contribution in [2.75, 3.05) is 5.32 Å². The number of pyridine rings is 1. The molecule has 0 spiro atoms. The molecule has 1 amide bonds. The quantitative estimate of drug-likeness (QED) is 0.845. The number of nitrogens with zero attached hydrogens (tertiary/aromatic N) is 1. The second kappa shape index (κ2) is 5.49. The summed E-state index contributed by atoms with van der Waals surface area (Å²) < 4.78 is 0. The zero-order valence-electron chi connectivity index (χ0n) is 9.63. The molecule has 0 radical (unpaired) electrons. The number of carbonyl (C=O) groups excluding carboxylic acids is 1. The molecule has 2 aromatic rings. The van der Waals surface area contributed by atoms with Crippen LogP contribution in [0.2, 0.25) is 5.15 Å². The molecule has 1 heterocycles. The lowest BCUT2D eigenvalue weighted by Crippen LogP contribution is -2.15. The van der Waals surface area contributed by atoms with Crippen molar-refractivity contribution in [2.24, 2.45) is 0 Å². The monoisotopic (exact) mass is 276 g/mol. The minimum absolute atomic E-state index is 0.0101. The minimum atomic E-state index is -1.12. The average Bonchev–Trinajstić information content (AvgIpc) is 2.39. The summed E-state index contributed by atoms with van der Waals surface area (Å²) in [5.41, 5.74) is 0.403. The van der Waals surface area contributed by atoms with Crippen LogP contribution in [0.4, 0.5) is 5.69 Å². The van der Waals surface area contributed by atoms with E-state index >= 15 is 0 Å². The van der Waals surface area contributed by atoms with Crippen molar-refractivity contribution >= 4 is 29.2 Å². The van der Waals surface area contributed by atoms with Crippen LogP contribution >= 0.6 is 11.6 Å². The van der Waals surface area contributed by atoms with E-state index in [9.17, 15) is 9.59 Å². The Kier molecular flexibility index (Phi) is 3.77. The van der Waals surface area contributed by atoms with E-state index in [0.717, 1.165) is 0 Å². The molecule has 96 valence electrons. The zero-order valence-corrected chi connectivity index (χ0v) is 10.4. The van der Waals surface area contributed by atoms with Crippen LogP contribution in [0.3, 0.4) is 0 Å². The van der Waals surface area contributed by atoms with Crippen molar-refractivity contribution in [2.45, 2.75) is 0 Å². The molecule has 6 heteroatoms. The second-order valence-corrected chi connectivity index (χ2v) is 4.00. The van der Waals surface area contributed by atoms with E-state index in [1.807, 2.05) is 0 Å².